The lowest BCUT2D eigenvalue weighted by atomic mass is 10.0. The molecule has 3 aromatic rings. The van der Waals surface area contributed by atoms with Crippen LogP contribution in [0, 0.1) is 6.92 Å². The Bertz CT molecular complexity index is 728. The van der Waals surface area contributed by atoms with Gasteiger partial charge in [-0.05, 0) is 30.2 Å². The van der Waals surface area contributed by atoms with Gasteiger partial charge in [-0.15, -0.1) is 0 Å². The van der Waals surface area contributed by atoms with Crippen molar-refractivity contribution in [1.82, 2.24) is 9.38 Å². The zero-order chi connectivity index (χ0) is 12.7. The van der Waals surface area contributed by atoms with Crippen molar-refractivity contribution in [3.63, 3.8) is 0 Å². The molecule has 4 N–H and O–H groups in total. The Morgan fingerprint density at radius 1 is 1.17 bits per heavy atom. The number of imidazole rings is 1. The monoisotopic (exact) mass is 238 g/mol. The minimum absolute atomic E-state index is 0.666. The number of nitrogen functional groups attached to an aromatic ring is 2. The summed E-state index contributed by atoms with van der Waals surface area (Å²) in [6.45, 7) is 2.01. The minimum Gasteiger partial charge on any atom is -0.398 e. The lowest BCUT2D eigenvalue weighted by molar-refractivity contribution is 1.19. The van der Waals surface area contributed by atoms with Gasteiger partial charge in [-0.2, -0.15) is 0 Å². The molecule has 0 saturated carbocycles. The first-order chi connectivity index (χ1) is 8.66. The third-order valence-electron chi connectivity index (χ3n) is 3.20. The maximum absolute atomic E-state index is 6.01. The van der Waals surface area contributed by atoms with Gasteiger partial charge in [0.05, 0.1) is 5.69 Å². The summed E-state index contributed by atoms with van der Waals surface area (Å²) in [6.07, 6.45) is 5.64. The Hall–Kier alpha value is -2.49. The molecule has 0 atom stereocenters. The van der Waals surface area contributed by atoms with Gasteiger partial charge >= 0.3 is 0 Å². The summed E-state index contributed by atoms with van der Waals surface area (Å²) >= 11 is 0. The van der Waals surface area contributed by atoms with E-state index in [1.807, 2.05) is 48.0 Å². The maximum Gasteiger partial charge on any atom is 0.160 e. The normalized spacial score (nSPS) is 10.9. The third kappa shape index (κ3) is 1.50. The zero-order valence-corrected chi connectivity index (χ0v) is 10.1. The van der Waals surface area contributed by atoms with E-state index < -0.39 is 0 Å². The highest BCUT2D eigenvalue weighted by Gasteiger charge is 2.07. The van der Waals surface area contributed by atoms with E-state index in [0.717, 1.165) is 28.0 Å². The molecule has 4 heteroatoms. The smallest absolute Gasteiger partial charge is 0.160 e. The molecule has 4 nitrogen and oxygen atoms in total. The topological polar surface area (TPSA) is 69.3 Å². The number of anilines is 2. The second-order valence-electron chi connectivity index (χ2n) is 4.36. The minimum atomic E-state index is 0.666. The highest BCUT2D eigenvalue weighted by atomic mass is 15.0. The molecule has 0 unspecified atom stereocenters. The van der Waals surface area contributed by atoms with E-state index in [1.165, 1.54) is 0 Å². The summed E-state index contributed by atoms with van der Waals surface area (Å²) in [6, 6.07) is 7.83. The molecular weight excluding hydrogens is 224 g/mol. The molecule has 3 rings (SSSR count). The van der Waals surface area contributed by atoms with Gasteiger partial charge in [0, 0.05) is 29.8 Å². The van der Waals surface area contributed by atoms with E-state index in [1.54, 1.807) is 6.20 Å². The molecule has 0 amide bonds. The summed E-state index contributed by atoms with van der Waals surface area (Å²) in [5, 5.41) is 0. The van der Waals surface area contributed by atoms with Crippen LogP contribution in [0.2, 0.25) is 0 Å². The van der Waals surface area contributed by atoms with Crippen LogP contribution in [0.1, 0.15) is 5.56 Å². The number of aromatic nitrogens is 2. The summed E-state index contributed by atoms with van der Waals surface area (Å²) in [4.78, 5) is 4.21. The molecule has 0 aliphatic rings. The summed E-state index contributed by atoms with van der Waals surface area (Å²) in [5.41, 5.74) is 17.4. The molecule has 0 fully saturated rings. The molecule has 2 aromatic heterocycles. The third-order valence-corrected chi connectivity index (χ3v) is 3.20. The average molecular weight is 238 g/mol. The molecule has 90 valence electrons. The van der Waals surface area contributed by atoms with E-state index in [2.05, 4.69) is 4.98 Å². The Kier molecular flexibility index (Phi) is 2.23. The Balaban J connectivity index is 2.28. The summed E-state index contributed by atoms with van der Waals surface area (Å²) < 4.78 is 1.92. The van der Waals surface area contributed by atoms with Crippen molar-refractivity contribution in [3.8, 4) is 11.1 Å². The molecule has 2 heterocycles. The van der Waals surface area contributed by atoms with Gasteiger partial charge in [0.1, 0.15) is 0 Å². The van der Waals surface area contributed by atoms with E-state index in [4.69, 9.17) is 11.5 Å². The van der Waals surface area contributed by atoms with Crippen molar-refractivity contribution >= 4 is 17.0 Å². The number of hydrogen-bond donors (Lipinski definition) is 2. The van der Waals surface area contributed by atoms with Crippen LogP contribution in [0.5, 0.6) is 0 Å². The second kappa shape index (κ2) is 3.77. The van der Waals surface area contributed by atoms with E-state index >= 15 is 0 Å². The van der Waals surface area contributed by atoms with Gasteiger partial charge in [-0.25, -0.2) is 4.98 Å². The number of nitrogens with zero attached hydrogens (tertiary/aromatic N) is 2. The predicted molar refractivity (Wildman–Crippen MR) is 74.2 cm³/mol. The fourth-order valence-electron chi connectivity index (χ4n) is 2.17. The molecular formula is C14H14N4. The van der Waals surface area contributed by atoms with Gasteiger partial charge in [0.2, 0.25) is 0 Å². The summed E-state index contributed by atoms with van der Waals surface area (Å²) in [5.74, 6) is 0. The van der Waals surface area contributed by atoms with E-state index in [0.29, 0.717) is 5.69 Å². The van der Waals surface area contributed by atoms with Crippen LogP contribution in [-0.2, 0) is 0 Å². The summed E-state index contributed by atoms with van der Waals surface area (Å²) in [7, 11) is 0. The second-order valence-corrected chi connectivity index (χ2v) is 4.36. The Labute approximate surface area is 105 Å². The predicted octanol–water partition coefficient (Wildman–Crippen LogP) is 2.47. The molecule has 0 radical (unpaired) electrons. The number of hydrogen-bond acceptors (Lipinski definition) is 3. The highest BCUT2D eigenvalue weighted by molar-refractivity contribution is 5.78. The molecule has 18 heavy (non-hydrogen) atoms. The van der Waals surface area contributed by atoms with E-state index in [-0.39, 0.29) is 0 Å². The average Bonchev–Trinajstić information content (AvgIpc) is 2.81. The van der Waals surface area contributed by atoms with Crippen molar-refractivity contribution in [2.75, 3.05) is 11.5 Å². The van der Waals surface area contributed by atoms with Crippen LogP contribution in [-0.4, -0.2) is 9.38 Å². The molecule has 0 saturated heterocycles. The van der Waals surface area contributed by atoms with Crippen LogP contribution in [0.4, 0.5) is 11.4 Å². The standard InChI is InChI=1S/C14H14N4/c1-9-11(3-2-4-12(9)15)10-7-13(16)14-17-5-6-18(14)8-10/h2-8H,15-16H2,1H3. The van der Waals surface area contributed by atoms with Crippen LogP contribution in [0.15, 0.2) is 42.9 Å². The Morgan fingerprint density at radius 3 is 2.83 bits per heavy atom. The van der Waals surface area contributed by atoms with Crippen molar-refractivity contribution in [3.05, 3.63) is 48.4 Å². The number of nitrogens with two attached hydrogens (primary N) is 2. The molecule has 0 bridgehead atoms. The number of benzene rings is 1. The van der Waals surface area contributed by atoms with E-state index in [9.17, 15) is 0 Å². The molecule has 1 aromatic carbocycles. The number of rotatable bonds is 1. The number of fused-ring (bicyclic) bond motifs is 1. The van der Waals surface area contributed by atoms with Gasteiger partial charge < -0.3 is 15.9 Å². The van der Waals surface area contributed by atoms with Crippen LogP contribution in [0.3, 0.4) is 0 Å². The largest absolute Gasteiger partial charge is 0.398 e. The molecule has 0 aliphatic heterocycles. The lowest BCUT2D eigenvalue weighted by Crippen LogP contribution is -1.96. The fraction of sp³-hybridized carbons (Fsp3) is 0.0714. The SMILES string of the molecule is Cc1c(N)cccc1-c1cc(N)c2nccn2c1. The Morgan fingerprint density at radius 2 is 2.00 bits per heavy atom. The molecule has 0 spiro atoms. The van der Waals surface area contributed by atoms with Crippen molar-refractivity contribution < 1.29 is 0 Å². The van der Waals surface area contributed by atoms with Crippen molar-refractivity contribution in [2.45, 2.75) is 6.92 Å². The van der Waals surface area contributed by atoms with Gasteiger partial charge in [-0.1, -0.05) is 12.1 Å². The van der Waals surface area contributed by atoms with Crippen molar-refractivity contribution in [2.24, 2.45) is 0 Å². The van der Waals surface area contributed by atoms with Crippen LogP contribution in [0.25, 0.3) is 16.8 Å². The first-order valence-electron chi connectivity index (χ1n) is 5.74. The van der Waals surface area contributed by atoms with Crippen molar-refractivity contribution in [1.29, 1.82) is 0 Å². The van der Waals surface area contributed by atoms with Gasteiger partial charge in [0.15, 0.2) is 5.65 Å². The maximum atomic E-state index is 6.01. The van der Waals surface area contributed by atoms with Gasteiger partial charge in [-0.3, -0.25) is 0 Å². The first kappa shape index (κ1) is 10.7. The molecule has 0 aliphatic carbocycles. The van der Waals surface area contributed by atoms with Crippen LogP contribution >= 0.6 is 0 Å². The lowest BCUT2D eigenvalue weighted by Gasteiger charge is -2.10. The zero-order valence-electron chi connectivity index (χ0n) is 10.1. The van der Waals surface area contributed by atoms with Crippen LogP contribution < -0.4 is 11.5 Å². The highest BCUT2D eigenvalue weighted by Crippen LogP contribution is 2.29. The first-order valence-corrected chi connectivity index (χ1v) is 5.74. The van der Waals surface area contributed by atoms with Gasteiger partial charge in [0.25, 0.3) is 0 Å². The number of pyridine rings is 1. The quantitative estimate of drug-likeness (QED) is 0.640. The fourth-order valence-corrected chi connectivity index (χ4v) is 2.17.